The molecule has 0 aromatic heterocycles. The molecule has 0 aromatic rings. The van der Waals surface area contributed by atoms with Gasteiger partial charge >= 0.3 is 0 Å². The van der Waals surface area contributed by atoms with Crippen molar-refractivity contribution in [2.75, 3.05) is 32.1 Å². The Balaban J connectivity index is 3.08. The molecule has 0 saturated heterocycles. The summed E-state index contributed by atoms with van der Waals surface area (Å²) in [6, 6.07) is 0. The molecule has 18 heavy (non-hydrogen) atoms. The van der Waals surface area contributed by atoms with Crippen LogP contribution in [0.4, 0.5) is 0 Å². The number of hydrogen-bond acceptors (Lipinski definition) is 2. The van der Waals surface area contributed by atoms with Gasteiger partial charge in [-0.3, -0.25) is 0 Å². The van der Waals surface area contributed by atoms with Crippen molar-refractivity contribution in [3.8, 4) is 0 Å². The Bertz CT molecular complexity index is 155. The van der Waals surface area contributed by atoms with Crippen molar-refractivity contribution >= 4 is 15.9 Å². The summed E-state index contributed by atoms with van der Waals surface area (Å²) in [5, 5.41) is 9.85. The van der Waals surface area contributed by atoms with Crippen molar-refractivity contribution in [1.29, 1.82) is 0 Å². The van der Waals surface area contributed by atoms with Gasteiger partial charge in [0.2, 0.25) is 0 Å². The lowest BCUT2D eigenvalue weighted by Crippen LogP contribution is -2.20. The molecule has 0 saturated carbocycles. The number of halogens is 1. The lowest BCUT2D eigenvalue weighted by atomic mass is 10.1. The predicted octanol–water partition coefficient (Wildman–Crippen LogP) is 4.21. The molecule has 0 fully saturated rings. The van der Waals surface area contributed by atoms with Crippen LogP contribution in [0.3, 0.4) is 0 Å². The van der Waals surface area contributed by atoms with Crippen molar-refractivity contribution in [2.24, 2.45) is 0 Å². The Morgan fingerprint density at radius 2 is 1.17 bits per heavy atom. The third-order valence-electron chi connectivity index (χ3n) is 3.37. The van der Waals surface area contributed by atoms with E-state index in [-0.39, 0.29) is 0 Å². The van der Waals surface area contributed by atoms with Gasteiger partial charge in [0.05, 0.1) is 0 Å². The van der Waals surface area contributed by atoms with Crippen LogP contribution in [-0.2, 0) is 0 Å². The van der Waals surface area contributed by atoms with Crippen molar-refractivity contribution in [1.82, 2.24) is 4.90 Å². The fourth-order valence-electron chi connectivity index (χ4n) is 2.14. The van der Waals surface area contributed by atoms with Gasteiger partial charge in [-0.1, -0.05) is 48.0 Å². The summed E-state index contributed by atoms with van der Waals surface area (Å²) in [6.07, 6.45) is 13.0. The molecule has 110 valence electrons. The molecular weight excluding hydrogens is 290 g/mol. The van der Waals surface area contributed by atoms with Crippen LogP contribution in [0.25, 0.3) is 0 Å². The first-order chi connectivity index (χ1) is 8.81. The van der Waals surface area contributed by atoms with E-state index >= 15 is 0 Å². The van der Waals surface area contributed by atoms with Crippen LogP contribution in [0.5, 0.6) is 0 Å². The first-order valence-electron chi connectivity index (χ1n) is 7.66. The molecule has 0 amide bonds. The van der Waals surface area contributed by atoms with Crippen LogP contribution in [0.2, 0.25) is 0 Å². The van der Waals surface area contributed by atoms with Crippen LogP contribution in [-0.4, -0.2) is 42.1 Å². The van der Waals surface area contributed by atoms with E-state index in [1.54, 1.807) is 0 Å². The molecule has 2 nitrogen and oxygen atoms in total. The van der Waals surface area contributed by atoms with E-state index in [9.17, 15) is 0 Å². The maximum atomic E-state index is 8.69. The number of nitrogens with zero attached hydrogens (tertiary/aromatic N) is 1. The zero-order valence-electron chi connectivity index (χ0n) is 12.2. The number of hydrogen-bond donors (Lipinski definition) is 1. The van der Waals surface area contributed by atoms with Gasteiger partial charge in [-0.05, 0) is 52.2 Å². The SMILES string of the molecule is CN(CCCCCO)CCCCCCCCCBr. The quantitative estimate of drug-likeness (QED) is 0.383. The minimum Gasteiger partial charge on any atom is -0.396 e. The minimum atomic E-state index is 0.346. The van der Waals surface area contributed by atoms with Gasteiger partial charge in [0.25, 0.3) is 0 Å². The van der Waals surface area contributed by atoms with E-state index < -0.39 is 0 Å². The maximum absolute atomic E-state index is 8.69. The fourth-order valence-corrected chi connectivity index (χ4v) is 2.54. The van der Waals surface area contributed by atoms with E-state index in [1.165, 1.54) is 64.5 Å². The van der Waals surface area contributed by atoms with Gasteiger partial charge in [0.1, 0.15) is 0 Å². The van der Waals surface area contributed by atoms with Crippen molar-refractivity contribution in [3.05, 3.63) is 0 Å². The summed E-state index contributed by atoms with van der Waals surface area (Å²) in [4.78, 5) is 2.43. The van der Waals surface area contributed by atoms with Crippen molar-refractivity contribution in [3.63, 3.8) is 0 Å². The van der Waals surface area contributed by atoms with Gasteiger partial charge in [-0.15, -0.1) is 0 Å². The van der Waals surface area contributed by atoms with Crippen LogP contribution in [0.15, 0.2) is 0 Å². The molecule has 0 heterocycles. The summed E-state index contributed by atoms with van der Waals surface area (Å²) in [7, 11) is 2.22. The number of rotatable bonds is 14. The first-order valence-corrected chi connectivity index (χ1v) is 8.78. The maximum Gasteiger partial charge on any atom is 0.0431 e. The van der Waals surface area contributed by atoms with E-state index in [2.05, 4.69) is 27.9 Å². The topological polar surface area (TPSA) is 23.5 Å². The molecule has 3 heteroatoms. The summed E-state index contributed by atoms with van der Waals surface area (Å²) in [5.41, 5.74) is 0. The average molecular weight is 322 g/mol. The molecule has 0 aliphatic rings. The molecule has 0 aromatic carbocycles. The lowest BCUT2D eigenvalue weighted by molar-refractivity contribution is 0.271. The van der Waals surface area contributed by atoms with E-state index in [4.69, 9.17) is 5.11 Å². The van der Waals surface area contributed by atoms with Crippen molar-refractivity contribution in [2.45, 2.75) is 64.2 Å². The minimum absolute atomic E-state index is 0.346. The van der Waals surface area contributed by atoms with Gasteiger partial charge < -0.3 is 10.0 Å². The summed E-state index contributed by atoms with van der Waals surface area (Å²) >= 11 is 3.47. The molecule has 1 N–H and O–H groups in total. The Labute approximate surface area is 122 Å². The largest absolute Gasteiger partial charge is 0.396 e. The average Bonchev–Trinajstić information content (AvgIpc) is 2.38. The molecule has 0 rings (SSSR count). The summed E-state index contributed by atoms with van der Waals surface area (Å²) in [5.74, 6) is 0. The second kappa shape index (κ2) is 15.5. The smallest absolute Gasteiger partial charge is 0.0431 e. The zero-order valence-corrected chi connectivity index (χ0v) is 13.8. The summed E-state index contributed by atoms with van der Waals surface area (Å²) in [6.45, 7) is 2.77. The Hall–Kier alpha value is 0.400. The highest BCUT2D eigenvalue weighted by atomic mass is 79.9. The van der Waals surface area contributed by atoms with Crippen LogP contribution in [0.1, 0.15) is 64.2 Å². The second-order valence-corrected chi connectivity index (χ2v) is 6.04. The monoisotopic (exact) mass is 321 g/mol. The van der Waals surface area contributed by atoms with E-state index in [0.29, 0.717) is 6.61 Å². The van der Waals surface area contributed by atoms with Crippen LogP contribution < -0.4 is 0 Å². The third kappa shape index (κ3) is 14.5. The third-order valence-corrected chi connectivity index (χ3v) is 3.93. The molecular formula is C15H32BrNO. The highest BCUT2D eigenvalue weighted by Gasteiger charge is 1.98. The lowest BCUT2D eigenvalue weighted by Gasteiger charge is -2.16. The second-order valence-electron chi connectivity index (χ2n) is 5.25. The Kier molecular flexibility index (Phi) is 15.8. The van der Waals surface area contributed by atoms with Gasteiger partial charge in [0, 0.05) is 11.9 Å². The van der Waals surface area contributed by atoms with Crippen LogP contribution >= 0.6 is 15.9 Å². The zero-order chi connectivity index (χ0) is 13.5. The molecule has 0 unspecified atom stereocenters. The first kappa shape index (κ1) is 18.4. The van der Waals surface area contributed by atoms with Gasteiger partial charge in [-0.2, -0.15) is 0 Å². The molecule has 0 aliphatic heterocycles. The fraction of sp³-hybridized carbons (Fsp3) is 1.00. The van der Waals surface area contributed by atoms with Gasteiger partial charge in [-0.25, -0.2) is 0 Å². The van der Waals surface area contributed by atoms with Crippen LogP contribution in [0, 0.1) is 0 Å². The number of aliphatic hydroxyl groups excluding tert-OH is 1. The molecule has 0 atom stereocenters. The van der Waals surface area contributed by atoms with E-state index in [0.717, 1.165) is 18.2 Å². The predicted molar refractivity (Wildman–Crippen MR) is 84.5 cm³/mol. The normalized spacial score (nSPS) is 11.3. The number of aliphatic hydroxyl groups is 1. The molecule has 0 bridgehead atoms. The van der Waals surface area contributed by atoms with Crippen molar-refractivity contribution < 1.29 is 5.11 Å². The molecule has 0 aliphatic carbocycles. The summed E-state index contributed by atoms with van der Waals surface area (Å²) < 4.78 is 0. The highest BCUT2D eigenvalue weighted by molar-refractivity contribution is 9.09. The number of unbranched alkanes of at least 4 members (excludes halogenated alkanes) is 8. The Morgan fingerprint density at radius 3 is 1.67 bits per heavy atom. The highest BCUT2D eigenvalue weighted by Crippen LogP contribution is 2.08. The molecule has 0 spiro atoms. The number of alkyl halides is 1. The standard InChI is InChI=1S/C15H32BrNO/c1-17(14-10-7-11-15-18)13-9-6-4-2-3-5-8-12-16/h18H,2-15H2,1H3. The Morgan fingerprint density at radius 1 is 0.722 bits per heavy atom. The molecule has 0 radical (unpaired) electrons. The van der Waals surface area contributed by atoms with E-state index in [1.807, 2.05) is 0 Å². The van der Waals surface area contributed by atoms with Gasteiger partial charge in [0.15, 0.2) is 0 Å².